The minimum atomic E-state index is 0.669. The molecule has 0 atom stereocenters. The van der Waals surface area contributed by atoms with Gasteiger partial charge in [0.25, 0.3) is 0 Å². The van der Waals surface area contributed by atoms with Crippen molar-refractivity contribution in [2.75, 3.05) is 19.8 Å². The summed E-state index contributed by atoms with van der Waals surface area (Å²) in [5, 5.41) is 3.45. The van der Waals surface area contributed by atoms with E-state index in [1.165, 1.54) is 18.4 Å². The SMILES string of the molecule is CCOc1cc(CNCC(C)C)ccc1OCC1CC1. The maximum absolute atomic E-state index is 5.87. The van der Waals surface area contributed by atoms with Gasteiger partial charge in [-0.05, 0) is 55.8 Å². The first kappa shape index (κ1) is 15.2. The standard InChI is InChI=1S/C17H27NO2/c1-4-19-17-9-15(11-18-10-13(2)3)7-8-16(17)20-12-14-5-6-14/h7-9,13-14,18H,4-6,10-12H2,1-3H3. The summed E-state index contributed by atoms with van der Waals surface area (Å²) in [6.07, 6.45) is 2.61. The summed E-state index contributed by atoms with van der Waals surface area (Å²) in [5.74, 6) is 3.18. The average Bonchev–Trinajstić information content (AvgIpc) is 3.22. The fraction of sp³-hybridized carbons (Fsp3) is 0.647. The molecule has 2 rings (SSSR count). The molecule has 1 N–H and O–H groups in total. The highest BCUT2D eigenvalue weighted by Crippen LogP contribution is 2.33. The predicted octanol–water partition coefficient (Wildman–Crippen LogP) is 3.62. The van der Waals surface area contributed by atoms with Crippen LogP contribution in [0.1, 0.15) is 39.2 Å². The van der Waals surface area contributed by atoms with E-state index in [9.17, 15) is 0 Å². The zero-order valence-electron chi connectivity index (χ0n) is 12.9. The van der Waals surface area contributed by atoms with Crippen molar-refractivity contribution in [1.82, 2.24) is 5.32 Å². The van der Waals surface area contributed by atoms with Gasteiger partial charge in [0, 0.05) is 6.54 Å². The smallest absolute Gasteiger partial charge is 0.161 e. The molecule has 0 heterocycles. The van der Waals surface area contributed by atoms with Gasteiger partial charge in [-0.25, -0.2) is 0 Å². The zero-order valence-corrected chi connectivity index (χ0v) is 12.9. The number of ether oxygens (including phenoxy) is 2. The highest BCUT2D eigenvalue weighted by atomic mass is 16.5. The lowest BCUT2D eigenvalue weighted by Crippen LogP contribution is -2.19. The van der Waals surface area contributed by atoms with Gasteiger partial charge in [-0.2, -0.15) is 0 Å². The highest BCUT2D eigenvalue weighted by molar-refractivity contribution is 5.43. The zero-order chi connectivity index (χ0) is 14.4. The second-order valence-corrected chi connectivity index (χ2v) is 5.99. The summed E-state index contributed by atoms with van der Waals surface area (Å²) in [6.45, 7) is 9.84. The molecule has 0 radical (unpaired) electrons. The second kappa shape index (κ2) is 7.53. The van der Waals surface area contributed by atoms with E-state index in [0.29, 0.717) is 12.5 Å². The molecule has 0 aromatic heterocycles. The number of nitrogens with one attached hydrogen (secondary N) is 1. The molecule has 1 saturated carbocycles. The Balaban J connectivity index is 1.93. The first-order chi connectivity index (χ1) is 9.69. The Hall–Kier alpha value is -1.22. The number of benzene rings is 1. The topological polar surface area (TPSA) is 30.5 Å². The van der Waals surface area contributed by atoms with Crippen molar-refractivity contribution in [2.45, 2.75) is 40.2 Å². The molecular formula is C17H27NO2. The van der Waals surface area contributed by atoms with E-state index in [-0.39, 0.29) is 0 Å². The first-order valence-corrected chi connectivity index (χ1v) is 7.78. The van der Waals surface area contributed by atoms with Gasteiger partial charge in [0.2, 0.25) is 0 Å². The molecule has 0 saturated heterocycles. The van der Waals surface area contributed by atoms with E-state index in [1.54, 1.807) is 0 Å². The average molecular weight is 277 g/mol. The Morgan fingerprint density at radius 3 is 2.65 bits per heavy atom. The molecule has 3 heteroatoms. The van der Waals surface area contributed by atoms with Gasteiger partial charge in [0.1, 0.15) is 0 Å². The van der Waals surface area contributed by atoms with Crippen LogP contribution in [-0.4, -0.2) is 19.8 Å². The molecule has 1 aromatic carbocycles. The van der Waals surface area contributed by atoms with E-state index >= 15 is 0 Å². The molecule has 0 spiro atoms. The minimum Gasteiger partial charge on any atom is -0.490 e. The van der Waals surface area contributed by atoms with Crippen LogP contribution in [0.25, 0.3) is 0 Å². The normalized spacial score (nSPS) is 14.6. The summed E-state index contributed by atoms with van der Waals surface area (Å²) in [6, 6.07) is 6.26. The van der Waals surface area contributed by atoms with Crippen LogP contribution < -0.4 is 14.8 Å². The van der Waals surface area contributed by atoms with Gasteiger partial charge in [0.05, 0.1) is 13.2 Å². The fourth-order valence-corrected chi connectivity index (χ4v) is 2.05. The van der Waals surface area contributed by atoms with Crippen LogP contribution in [0.4, 0.5) is 0 Å². The van der Waals surface area contributed by atoms with Crippen LogP contribution >= 0.6 is 0 Å². The fourth-order valence-electron chi connectivity index (χ4n) is 2.05. The van der Waals surface area contributed by atoms with Gasteiger partial charge in [-0.3, -0.25) is 0 Å². The Bertz CT molecular complexity index is 413. The van der Waals surface area contributed by atoms with Gasteiger partial charge >= 0.3 is 0 Å². The largest absolute Gasteiger partial charge is 0.490 e. The van der Waals surface area contributed by atoms with Gasteiger partial charge in [-0.1, -0.05) is 19.9 Å². The van der Waals surface area contributed by atoms with Crippen LogP contribution in [0.5, 0.6) is 11.5 Å². The van der Waals surface area contributed by atoms with Crippen LogP contribution in [0.2, 0.25) is 0 Å². The maximum Gasteiger partial charge on any atom is 0.161 e. The number of hydrogen-bond acceptors (Lipinski definition) is 3. The van der Waals surface area contributed by atoms with Crippen molar-refractivity contribution in [1.29, 1.82) is 0 Å². The Morgan fingerprint density at radius 1 is 1.20 bits per heavy atom. The Kier molecular flexibility index (Phi) is 5.72. The van der Waals surface area contributed by atoms with E-state index in [2.05, 4.69) is 31.3 Å². The maximum atomic E-state index is 5.87. The van der Waals surface area contributed by atoms with E-state index in [0.717, 1.165) is 37.1 Å². The predicted molar refractivity (Wildman–Crippen MR) is 82.4 cm³/mol. The van der Waals surface area contributed by atoms with Crippen molar-refractivity contribution in [3.63, 3.8) is 0 Å². The molecule has 1 aromatic rings. The van der Waals surface area contributed by atoms with Crippen molar-refractivity contribution in [3.05, 3.63) is 23.8 Å². The lowest BCUT2D eigenvalue weighted by Gasteiger charge is -2.14. The minimum absolute atomic E-state index is 0.669. The van der Waals surface area contributed by atoms with Crippen LogP contribution in [0.15, 0.2) is 18.2 Å². The summed E-state index contributed by atoms with van der Waals surface area (Å²) >= 11 is 0. The first-order valence-electron chi connectivity index (χ1n) is 7.78. The Morgan fingerprint density at radius 2 is 2.00 bits per heavy atom. The number of hydrogen-bond donors (Lipinski definition) is 1. The third-order valence-corrected chi connectivity index (χ3v) is 3.36. The molecule has 20 heavy (non-hydrogen) atoms. The van der Waals surface area contributed by atoms with Crippen molar-refractivity contribution in [2.24, 2.45) is 11.8 Å². The molecule has 1 aliphatic carbocycles. The van der Waals surface area contributed by atoms with Crippen molar-refractivity contribution >= 4 is 0 Å². The monoisotopic (exact) mass is 277 g/mol. The number of rotatable bonds is 9. The molecule has 3 nitrogen and oxygen atoms in total. The molecule has 1 fully saturated rings. The van der Waals surface area contributed by atoms with Crippen LogP contribution in [0.3, 0.4) is 0 Å². The molecule has 0 unspecified atom stereocenters. The quantitative estimate of drug-likeness (QED) is 0.748. The van der Waals surface area contributed by atoms with Crippen LogP contribution in [0, 0.1) is 11.8 Å². The van der Waals surface area contributed by atoms with Gasteiger partial charge in [-0.15, -0.1) is 0 Å². The van der Waals surface area contributed by atoms with E-state index < -0.39 is 0 Å². The molecule has 1 aliphatic rings. The third-order valence-electron chi connectivity index (χ3n) is 3.36. The molecule has 0 bridgehead atoms. The molecule has 0 aliphatic heterocycles. The molecule has 112 valence electrons. The van der Waals surface area contributed by atoms with Crippen LogP contribution in [-0.2, 0) is 6.54 Å². The summed E-state index contributed by atoms with van der Waals surface area (Å²) < 4.78 is 11.6. The molecule has 0 amide bonds. The van der Waals surface area contributed by atoms with E-state index in [4.69, 9.17) is 9.47 Å². The van der Waals surface area contributed by atoms with Crippen molar-refractivity contribution < 1.29 is 9.47 Å². The lowest BCUT2D eigenvalue weighted by atomic mass is 10.2. The van der Waals surface area contributed by atoms with Gasteiger partial charge < -0.3 is 14.8 Å². The second-order valence-electron chi connectivity index (χ2n) is 5.99. The van der Waals surface area contributed by atoms with Gasteiger partial charge in [0.15, 0.2) is 11.5 Å². The molecular weight excluding hydrogens is 250 g/mol. The summed E-state index contributed by atoms with van der Waals surface area (Å²) in [5.41, 5.74) is 1.24. The van der Waals surface area contributed by atoms with Crippen molar-refractivity contribution in [3.8, 4) is 11.5 Å². The summed E-state index contributed by atoms with van der Waals surface area (Å²) in [7, 11) is 0. The lowest BCUT2D eigenvalue weighted by molar-refractivity contribution is 0.266. The highest BCUT2D eigenvalue weighted by Gasteiger charge is 2.22. The summed E-state index contributed by atoms with van der Waals surface area (Å²) in [4.78, 5) is 0. The third kappa shape index (κ3) is 5.04. The Labute approximate surface area is 122 Å². The van der Waals surface area contributed by atoms with E-state index in [1.807, 2.05) is 13.0 Å².